The second kappa shape index (κ2) is 11.1. The van der Waals surface area contributed by atoms with Gasteiger partial charge in [-0.25, -0.2) is 8.78 Å². The highest BCUT2D eigenvalue weighted by atomic mass is 19.2. The van der Waals surface area contributed by atoms with Crippen molar-refractivity contribution in [1.82, 2.24) is 4.90 Å². The lowest BCUT2D eigenvalue weighted by Gasteiger charge is -2.39. The molecule has 0 radical (unpaired) electrons. The van der Waals surface area contributed by atoms with Crippen LogP contribution >= 0.6 is 0 Å². The van der Waals surface area contributed by atoms with E-state index in [4.69, 9.17) is 0 Å². The van der Waals surface area contributed by atoms with E-state index >= 15 is 0 Å². The molecule has 2 aromatic carbocycles. The van der Waals surface area contributed by atoms with Crippen molar-refractivity contribution in [3.63, 3.8) is 0 Å². The lowest BCUT2D eigenvalue weighted by molar-refractivity contribution is 0.122. The summed E-state index contributed by atoms with van der Waals surface area (Å²) in [4.78, 5) is 2.51. The summed E-state index contributed by atoms with van der Waals surface area (Å²) in [5.74, 6) is -1.52. The maximum atomic E-state index is 14.2. The van der Waals surface area contributed by atoms with Crippen molar-refractivity contribution in [1.29, 1.82) is 5.26 Å². The number of hydrogen-bond donors (Lipinski definition) is 0. The molecule has 32 heavy (non-hydrogen) atoms. The quantitative estimate of drug-likeness (QED) is 0.387. The van der Waals surface area contributed by atoms with Crippen molar-refractivity contribution in [2.24, 2.45) is 5.92 Å². The molecule has 172 valence electrons. The summed E-state index contributed by atoms with van der Waals surface area (Å²) in [5.41, 5.74) is 1.15. The van der Waals surface area contributed by atoms with E-state index in [2.05, 4.69) is 56.0 Å². The Morgan fingerprint density at radius 1 is 1.06 bits per heavy atom. The van der Waals surface area contributed by atoms with Gasteiger partial charge < -0.3 is 0 Å². The Labute approximate surface area is 192 Å². The van der Waals surface area contributed by atoms with Crippen LogP contribution in [0.2, 0.25) is 0 Å². The zero-order valence-electron chi connectivity index (χ0n) is 19.7. The van der Waals surface area contributed by atoms with E-state index in [1.165, 1.54) is 17.7 Å². The van der Waals surface area contributed by atoms with Gasteiger partial charge in [0.1, 0.15) is 0 Å². The van der Waals surface area contributed by atoms with Crippen molar-refractivity contribution in [3.8, 4) is 6.07 Å². The van der Waals surface area contributed by atoms with E-state index in [-0.39, 0.29) is 5.92 Å². The fourth-order valence-electron chi connectivity index (χ4n) is 5.51. The van der Waals surface area contributed by atoms with Crippen LogP contribution < -0.4 is 0 Å². The molecule has 0 heterocycles. The van der Waals surface area contributed by atoms with Gasteiger partial charge in [0.05, 0.1) is 11.5 Å². The van der Waals surface area contributed by atoms with Gasteiger partial charge in [-0.05, 0) is 75.1 Å². The topological polar surface area (TPSA) is 27.0 Å². The highest BCUT2D eigenvalue weighted by Crippen LogP contribution is 2.46. The average molecular weight is 439 g/mol. The summed E-state index contributed by atoms with van der Waals surface area (Å²) in [6, 6.07) is 17.8. The number of rotatable bonds is 10. The van der Waals surface area contributed by atoms with E-state index < -0.39 is 17.0 Å². The van der Waals surface area contributed by atoms with Gasteiger partial charge in [0.15, 0.2) is 11.6 Å². The molecule has 1 aliphatic carbocycles. The lowest BCUT2D eigenvalue weighted by Crippen LogP contribution is -2.42. The Morgan fingerprint density at radius 3 is 2.31 bits per heavy atom. The van der Waals surface area contributed by atoms with Crippen molar-refractivity contribution < 1.29 is 8.78 Å². The summed E-state index contributed by atoms with van der Waals surface area (Å²) >= 11 is 0. The van der Waals surface area contributed by atoms with Crippen molar-refractivity contribution >= 4 is 0 Å². The molecule has 1 saturated carbocycles. The van der Waals surface area contributed by atoms with Crippen LogP contribution in [0.15, 0.2) is 48.5 Å². The molecule has 0 aromatic heterocycles. The van der Waals surface area contributed by atoms with Gasteiger partial charge in [0.25, 0.3) is 0 Å². The minimum atomic E-state index is -0.861. The van der Waals surface area contributed by atoms with Crippen LogP contribution in [0.3, 0.4) is 0 Å². The average Bonchev–Trinajstić information content (AvgIpc) is 3.34. The third-order valence-electron chi connectivity index (χ3n) is 7.37. The molecule has 0 bridgehead atoms. The van der Waals surface area contributed by atoms with Gasteiger partial charge in [-0.15, -0.1) is 0 Å². The second-order valence-corrected chi connectivity index (χ2v) is 9.55. The highest BCUT2D eigenvalue weighted by Gasteiger charge is 2.43. The molecular weight excluding hydrogens is 402 g/mol. The van der Waals surface area contributed by atoms with E-state index in [0.717, 1.165) is 45.1 Å². The van der Waals surface area contributed by atoms with Crippen LogP contribution in [0.5, 0.6) is 0 Å². The molecule has 4 heteroatoms. The predicted octanol–water partition coefficient (Wildman–Crippen LogP) is 7.39. The Balaban J connectivity index is 1.87. The first kappa shape index (κ1) is 24.4. The van der Waals surface area contributed by atoms with Crippen molar-refractivity contribution in [3.05, 3.63) is 71.3 Å². The van der Waals surface area contributed by atoms with Gasteiger partial charge >= 0.3 is 0 Å². The zero-order chi connectivity index (χ0) is 23.1. The third kappa shape index (κ3) is 5.38. The standard InChI is InChI=1S/C28H36F2N2/c1-4-25(32(21(2)3)19-22-10-6-5-7-11-22)16-17-28(20-31,23-12-8-9-13-23)24-14-15-26(29)27(30)18-24/h5-7,10-11,14-15,18,21,23,25H,4,8-9,12-13,16-17,19H2,1-3H3. The van der Waals surface area contributed by atoms with Crippen LogP contribution in [0.1, 0.15) is 76.8 Å². The Morgan fingerprint density at radius 2 is 1.75 bits per heavy atom. The summed E-state index contributed by atoms with van der Waals surface area (Å²) in [5, 5.41) is 10.4. The zero-order valence-corrected chi connectivity index (χ0v) is 19.7. The molecule has 0 N–H and O–H groups in total. The van der Waals surface area contributed by atoms with Crippen LogP contribution in [-0.2, 0) is 12.0 Å². The second-order valence-electron chi connectivity index (χ2n) is 9.55. The smallest absolute Gasteiger partial charge is 0.159 e. The van der Waals surface area contributed by atoms with E-state index in [1.807, 2.05) is 6.07 Å². The summed E-state index contributed by atoms with van der Waals surface area (Å²) in [6.45, 7) is 7.50. The molecular formula is C28H36F2N2. The molecule has 0 saturated heterocycles. The van der Waals surface area contributed by atoms with Crippen LogP contribution in [-0.4, -0.2) is 17.0 Å². The monoisotopic (exact) mass is 438 g/mol. The first-order valence-corrected chi connectivity index (χ1v) is 12.1. The number of benzene rings is 2. The summed E-state index contributed by atoms with van der Waals surface area (Å²) < 4.78 is 27.9. The molecule has 0 aliphatic heterocycles. The summed E-state index contributed by atoms with van der Waals surface area (Å²) in [6.07, 6.45) is 6.64. The number of hydrogen-bond acceptors (Lipinski definition) is 2. The molecule has 2 nitrogen and oxygen atoms in total. The molecule has 1 fully saturated rings. The van der Waals surface area contributed by atoms with Gasteiger partial charge in [-0.3, -0.25) is 4.90 Å². The molecule has 1 aliphatic rings. The van der Waals surface area contributed by atoms with Crippen LogP contribution in [0.4, 0.5) is 8.78 Å². The fourth-order valence-corrected chi connectivity index (χ4v) is 5.51. The third-order valence-corrected chi connectivity index (χ3v) is 7.37. The molecule has 2 aromatic rings. The molecule has 2 atom stereocenters. The van der Waals surface area contributed by atoms with E-state index in [0.29, 0.717) is 24.1 Å². The van der Waals surface area contributed by atoms with E-state index in [1.54, 1.807) is 6.07 Å². The van der Waals surface area contributed by atoms with Crippen molar-refractivity contribution in [2.75, 3.05) is 0 Å². The summed E-state index contributed by atoms with van der Waals surface area (Å²) in [7, 11) is 0. The SMILES string of the molecule is CCC(CCC(C#N)(c1ccc(F)c(F)c1)C1CCCC1)N(Cc1ccccc1)C(C)C. The van der Waals surface area contributed by atoms with Crippen LogP contribution in [0.25, 0.3) is 0 Å². The Bertz CT molecular complexity index is 899. The Kier molecular flexibility index (Phi) is 8.43. The first-order valence-electron chi connectivity index (χ1n) is 12.1. The Hall–Kier alpha value is -2.25. The largest absolute Gasteiger partial charge is 0.294 e. The van der Waals surface area contributed by atoms with Gasteiger partial charge in [-0.2, -0.15) is 5.26 Å². The molecule has 2 unspecified atom stereocenters. The molecule has 3 rings (SSSR count). The highest BCUT2D eigenvalue weighted by molar-refractivity contribution is 5.35. The normalized spacial score (nSPS) is 17.4. The predicted molar refractivity (Wildman–Crippen MR) is 126 cm³/mol. The van der Waals surface area contributed by atoms with Crippen molar-refractivity contribution in [2.45, 2.75) is 89.8 Å². The number of halogens is 2. The van der Waals surface area contributed by atoms with Gasteiger partial charge in [-0.1, -0.05) is 56.2 Å². The van der Waals surface area contributed by atoms with Gasteiger partial charge in [0.2, 0.25) is 0 Å². The fraction of sp³-hybridized carbons (Fsp3) is 0.536. The van der Waals surface area contributed by atoms with E-state index in [9.17, 15) is 14.0 Å². The minimum absolute atomic E-state index is 0.191. The van der Waals surface area contributed by atoms with Crippen LogP contribution in [0, 0.1) is 28.9 Å². The lowest BCUT2D eigenvalue weighted by atomic mass is 9.67. The minimum Gasteiger partial charge on any atom is -0.294 e. The molecule has 0 amide bonds. The maximum Gasteiger partial charge on any atom is 0.159 e. The van der Waals surface area contributed by atoms with Gasteiger partial charge in [0, 0.05) is 18.6 Å². The maximum absolute atomic E-state index is 14.2. The first-order chi connectivity index (χ1) is 15.4. The number of nitrogens with zero attached hydrogens (tertiary/aromatic N) is 2. The number of nitriles is 1. The molecule has 0 spiro atoms.